The van der Waals surface area contributed by atoms with Crippen molar-refractivity contribution in [3.05, 3.63) is 0 Å². The lowest BCUT2D eigenvalue weighted by Gasteiger charge is -2.55. The van der Waals surface area contributed by atoms with Crippen LogP contribution in [0.1, 0.15) is 57.8 Å². The van der Waals surface area contributed by atoms with Crippen LogP contribution in [-0.4, -0.2) is 35.8 Å². The number of hydrogen-bond donors (Lipinski definition) is 1. The van der Waals surface area contributed by atoms with Crippen LogP contribution < -0.4 is 5.32 Å². The quantitative estimate of drug-likeness (QED) is 0.869. The van der Waals surface area contributed by atoms with Crippen molar-refractivity contribution < 1.29 is 9.59 Å². The first-order chi connectivity index (χ1) is 11.1. The van der Waals surface area contributed by atoms with E-state index in [1.165, 1.54) is 19.3 Å². The predicted octanol–water partition coefficient (Wildman–Crippen LogP) is 2.33. The van der Waals surface area contributed by atoms with Crippen LogP contribution in [0.4, 0.5) is 0 Å². The fourth-order valence-electron chi connectivity index (χ4n) is 6.39. The summed E-state index contributed by atoms with van der Waals surface area (Å²) in [6.45, 7) is 1.58. The molecule has 0 aromatic rings. The van der Waals surface area contributed by atoms with Gasteiger partial charge in [0.1, 0.15) is 0 Å². The fraction of sp³-hybridized carbons (Fsp3) is 0.895. The molecule has 1 atom stereocenters. The van der Waals surface area contributed by atoms with Crippen LogP contribution in [0.15, 0.2) is 0 Å². The summed E-state index contributed by atoms with van der Waals surface area (Å²) in [7, 11) is 0. The highest BCUT2D eigenvalue weighted by atomic mass is 16.2. The van der Waals surface area contributed by atoms with Gasteiger partial charge in [-0.25, -0.2) is 0 Å². The van der Waals surface area contributed by atoms with E-state index in [4.69, 9.17) is 0 Å². The van der Waals surface area contributed by atoms with Crippen LogP contribution in [0.5, 0.6) is 0 Å². The Morgan fingerprint density at radius 3 is 2.09 bits per heavy atom. The van der Waals surface area contributed by atoms with Gasteiger partial charge in [-0.2, -0.15) is 0 Å². The van der Waals surface area contributed by atoms with Gasteiger partial charge < -0.3 is 10.2 Å². The van der Waals surface area contributed by atoms with E-state index in [-0.39, 0.29) is 11.5 Å². The molecule has 1 heterocycles. The monoisotopic (exact) mass is 316 g/mol. The molecule has 1 aliphatic heterocycles. The highest BCUT2D eigenvalue weighted by Crippen LogP contribution is 2.60. The average Bonchev–Trinajstić information content (AvgIpc) is 3.25. The third-order valence-electron chi connectivity index (χ3n) is 7.28. The number of carbonyl (C=O) groups is 2. The Bertz CT molecular complexity index is 504. The normalized spacial score (nSPS) is 44.6. The van der Waals surface area contributed by atoms with E-state index in [9.17, 15) is 9.59 Å². The van der Waals surface area contributed by atoms with Crippen LogP contribution in [0.25, 0.3) is 0 Å². The van der Waals surface area contributed by atoms with Gasteiger partial charge in [-0.15, -0.1) is 0 Å². The number of nitrogens with one attached hydrogen (secondary N) is 1. The van der Waals surface area contributed by atoms with Crippen molar-refractivity contribution in [2.75, 3.05) is 13.1 Å². The minimum atomic E-state index is -0.0529. The number of likely N-dealkylation sites (tertiary alicyclic amines) is 1. The van der Waals surface area contributed by atoms with Crippen molar-refractivity contribution >= 4 is 11.8 Å². The summed E-state index contributed by atoms with van der Waals surface area (Å²) in [5.74, 6) is 3.38. The number of nitrogens with zero attached hydrogens (tertiary/aromatic N) is 1. The molecule has 5 aliphatic carbocycles. The Hall–Kier alpha value is -1.06. The molecule has 6 rings (SSSR count). The van der Waals surface area contributed by atoms with E-state index in [0.717, 1.165) is 69.4 Å². The summed E-state index contributed by atoms with van der Waals surface area (Å²) >= 11 is 0. The molecule has 0 spiro atoms. The molecule has 1 saturated heterocycles. The predicted molar refractivity (Wildman–Crippen MR) is 86.5 cm³/mol. The van der Waals surface area contributed by atoms with Gasteiger partial charge in [0.2, 0.25) is 11.8 Å². The molecule has 4 nitrogen and oxygen atoms in total. The van der Waals surface area contributed by atoms with Crippen LogP contribution in [0, 0.1) is 29.1 Å². The van der Waals surface area contributed by atoms with Gasteiger partial charge in [0.15, 0.2) is 0 Å². The number of hydrogen-bond acceptors (Lipinski definition) is 2. The Labute approximate surface area is 138 Å². The molecule has 23 heavy (non-hydrogen) atoms. The summed E-state index contributed by atoms with van der Waals surface area (Å²) < 4.78 is 0. The number of amides is 2. The number of carbonyl (C=O) groups excluding carboxylic acids is 2. The van der Waals surface area contributed by atoms with Crippen molar-refractivity contribution in [1.82, 2.24) is 10.2 Å². The van der Waals surface area contributed by atoms with Crippen LogP contribution in [0.3, 0.4) is 0 Å². The SMILES string of the molecule is O=C(C1CC1)N1CCC(NC(=O)C23CC4CC(CC(C4)C2)C3)C1. The maximum atomic E-state index is 13.1. The molecule has 6 aliphatic rings. The van der Waals surface area contributed by atoms with Crippen molar-refractivity contribution in [3.8, 4) is 0 Å². The first kappa shape index (κ1) is 14.3. The third kappa shape index (κ3) is 2.40. The Balaban J connectivity index is 1.23. The molecule has 0 radical (unpaired) electrons. The second kappa shape index (κ2) is 4.97. The minimum Gasteiger partial charge on any atom is -0.351 e. The Morgan fingerprint density at radius 2 is 1.52 bits per heavy atom. The Kier molecular flexibility index (Phi) is 3.09. The summed E-state index contributed by atoms with van der Waals surface area (Å²) in [5, 5.41) is 3.35. The Morgan fingerprint density at radius 1 is 0.913 bits per heavy atom. The highest BCUT2D eigenvalue weighted by Gasteiger charge is 2.55. The van der Waals surface area contributed by atoms with Gasteiger partial charge in [-0.1, -0.05) is 0 Å². The van der Waals surface area contributed by atoms with Gasteiger partial charge in [-0.05, 0) is 75.5 Å². The third-order valence-corrected chi connectivity index (χ3v) is 7.28. The van der Waals surface area contributed by atoms with Gasteiger partial charge in [-0.3, -0.25) is 9.59 Å². The molecule has 0 aromatic carbocycles. The fourth-order valence-corrected chi connectivity index (χ4v) is 6.39. The molecular weight excluding hydrogens is 288 g/mol. The average molecular weight is 316 g/mol. The highest BCUT2D eigenvalue weighted by molar-refractivity contribution is 5.84. The zero-order chi connectivity index (χ0) is 15.6. The second-order valence-electron chi connectivity index (χ2n) is 9.22. The summed E-state index contributed by atoms with van der Waals surface area (Å²) in [6, 6.07) is 0.193. The van der Waals surface area contributed by atoms with E-state index in [0.29, 0.717) is 17.7 Å². The van der Waals surface area contributed by atoms with Crippen molar-refractivity contribution in [1.29, 1.82) is 0 Å². The summed E-state index contributed by atoms with van der Waals surface area (Å²) in [6.07, 6.45) is 10.6. The first-order valence-electron chi connectivity index (χ1n) is 9.71. The zero-order valence-electron chi connectivity index (χ0n) is 13.9. The van der Waals surface area contributed by atoms with E-state index in [2.05, 4.69) is 5.32 Å². The summed E-state index contributed by atoms with van der Waals surface area (Å²) in [4.78, 5) is 27.2. The molecule has 4 bridgehead atoms. The molecule has 4 heteroatoms. The van der Waals surface area contributed by atoms with Gasteiger partial charge in [0.05, 0.1) is 0 Å². The molecule has 126 valence electrons. The van der Waals surface area contributed by atoms with E-state index in [1.54, 1.807) is 0 Å². The van der Waals surface area contributed by atoms with Crippen molar-refractivity contribution in [2.45, 2.75) is 63.8 Å². The largest absolute Gasteiger partial charge is 0.351 e. The molecule has 6 fully saturated rings. The molecule has 5 saturated carbocycles. The maximum Gasteiger partial charge on any atom is 0.226 e. The number of rotatable bonds is 3. The molecular formula is C19H28N2O2. The summed E-state index contributed by atoms with van der Waals surface area (Å²) in [5.41, 5.74) is -0.0529. The zero-order valence-corrected chi connectivity index (χ0v) is 13.9. The van der Waals surface area contributed by atoms with Gasteiger partial charge in [0.25, 0.3) is 0 Å². The second-order valence-corrected chi connectivity index (χ2v) is 9.22. The lowest BCUT2D eigenvalue weighted by atomic mass is 9.49. The molecule has 1 unspecified atom stereocenters. The van der Waals surface area contributed by atoms with Crippen molar-refractivity contribution in [2.24, 2.45) is 29.1 Å². The van der Waals surface area contributed by atoms with Crippen LogP contribution in [-0.2, 0) is 9.59 Å². The van der Waals surface area contributed by atoms with Crippen LogP contribution >= 0.6 is 0 Å². The maximum absolute atomic E-state index is 13.1. The molecule has 0 aromatic heterocycles. The van der Waals surface area contributed by atoms with E-state index >= 15 is 0 Å². The standard InChI is InChI=1S/C19H28N2O2/c22-17(15-1-2-15)21-4-3-16(11-21)20-18(23)19-8-12-5-13(9-19)7-14(6-12)10-19/h12-16H,1-11H2,(H,20,23). The molecule has 1 N–H and O–H groups in total. The molecule has 2 amide bonds. The van der Waals surface area contributed by atoms with Crippen molar-refractivity contribution in [3.63, 3.8) is 0 Å². The lowest BCUT2D eigenvalue weighted by Crippen LogP contribution is -2.55. The smallest absolute Gasteiger partial charge is 0.226 e. The van der Waals surface area contributed by atoms with E-state index < -0.39 is 0 Å². The van der Waals surface area contributed by atoms with Gasteiger partial charge >= 0.3 is 0 Å². The van der Waals surface area contributed by atoms with Crippen LogP contribution in [0.2, 0.25) is 0 Å². The lowest BCUT2D eigenvalue weighted by molar-refractivity contribution is -0.147. The minimum absolute atomic E-state index is 0.0529. The topological polar surface area (TPSA) is 49.4 Å². The van der Waals surface area contributed by atoms with Gasteiger partial charge in [0, 0.05) is 30.5 Å². The van der Waals surface area contributed by atoms with E-state index in [1.807, 2.05) is 4.90 Å². The first-order valence-corrected chi connectivity index (χ1v) is 9.71.